The third-order valence-corrected chi connectivity index (χ3v) is 3.97. The molecule has 27 heavy (non-hydrogen) atoms. The summed E-state index contributed by atoms with van der Waals surface area (Å²) < 4.78 is 53.5. The first kappa shape index (κ1) is 18.6. The van der Waals surface area contributed by atoms with Crippen LogP contribution in [0.25, 0.3) is 11.1 Å². The van der Waals surface area contributed by atoms with E-state index in [0.29, 0.717) is 16.7 Å². The number of carbonyl (C=O) groups is 1. The van der Waals surface area contributed by atoms with Gasteiger partial charge in [-0.05, 0) is 17.2 Å². The van der Waals surface area contributed by atoms with Crippen LogP contribution in [0.3, 0.4) is 0 Å². The van der Waals surface area contributed by atoms with Gasteiger partial charge in [-0.1, -0.05) is 42.5 Å². The van der Waals surface area contributed by atoms with Gasteiger partial charge in [0.1, 0.15) is 6.67 Å². The zero-order chi connectivity index (χ0) is 19.6. The van der Waals surface area contributed by atoms with Crippen LogP contribution < -0.4 is 5.32 Å². The number of aromatic nitrogens is 2. The number of aryl methyl sites for hydroxylation is 1. The van der Waals surface area contributed by atoms with Crippen molar-refractivity contribution in [3.05, 3.63) is 71.5 Å². The third kappa shape index (κ3) is 3.84. The minimum Gasteiger partial charge on any atom is -0.321 e. The fourth-order valence-corrected chi connectivity index (χ4v) is 2.78. The molecular weight excluding hydrogens is 362 g/mol. The summed E-state index contributed by atoms with van der Waals surface area (Å²) in [5.41, 5.74) is -0.0886. The second kappa shape index (κ2) is 7.22. The highest BCUT2D eigenvalue weighted by molar-refractivity contribution is 6.07. The summed E-state index contributed by atoms with van der Waals surface area (Å²) in [5, 5.41) is 5.82. The van der Waals surface area contributed by atoms with E-state index in [1.165, 1.54) is 7.05 Å². The summed E-state index contributed by atoms with van der Waals surface area (Å²) in [6, 6.07) is 13.2. The lowest BCUT2D eigenvalue weighted by Gasteiger charge is -2.14. The van der Waals surface area contributed by atoms with E-state index in [2.05, 4.69) is 10.4 Å². The number of hydrogen-bond donors (Lipinski definition) is 1. The van der Waals surface area contributed by atoms with E-state index in [9.17, 15) is 22.4 Å². The second-order valence-electron chi connectivity index (χ2n) is 5.85. The van der Waals surface area contributed by atoms with Crippen LogP contribution in [0.15, 0.2) is 54.7 Å². The van der Waals surface area contributed by atoms with Crippen molar-refractivity contribution in [2.45, 2.75) is 12.9 Å². The van der Waals surface area contributed by atoms with E-state index >= 15 is 0 Å². The van der Waals surface area contributed by atoms with Gasteiger partial charge >= 0.3 is 6.18 Å². The molecule has 1 amide bonds. The van der Waals surface area contributed by atoms with E-state index in [0.717, 1.165) is 10.9 Å². The van der Waals surface area contributed by atoms with Crippen molar-refractivity contribution in [3.8, 4) is 11.1 Å². The molecule has 0 aliphatic heterocycles. The van der Waals surface area contributed by atoms with Gasteiger partial charge in [-0.3, -0.25) is 9.48 Å². The molecule has 0 unspecified atom stereocenters. The zero-order valence-electron chi connectivity index (χ0n) is 14.2. The number of carbonyl (C=O) groups excluding carboxylic acids is 1. The molecule has 3 aromatic rings. The molecule has 2 aromatic carbocycles. The quantitative estimate of drug-likeness (QED) is 0.662. The molecule has 1 N–H and O–H groups in total. The summed E-state index contributed by atoms with van der Waals surface area (Å²) in [6.45, 7) is -0.709. The highest BCUT2D eigenvalue weighted by atomic mass is 19.4. The number of alkyl halides is 4. The van der Waals surface area contributed by atoms with Crippen molar-refractivity contribution in [2.24, 2.45) is 7.05 Å². The molecule has 0 bridgehead atoms. The monoisotopic (exact) mass is 377 g/mol. The molecular formula is C19H15F4N3O. The van der Waals surface area contributed by atoms with Crippen LogP contribution in [0.5, 0.6) is 0 Å². The molecule has 0 aliphatic rings. The maximum absolute atomic E-state index is 13.3. The number of halogens is 4. The van der Waals surface area contributed by atoms with Crippen molar-refractivity contribution in [3.63, 3.8) is 0 Å². The molecule has 0 radical (unpaired) electrons. The number of para-hydroxylation sites is 1. The largest absolute Gasteiger partial charge is 0.435 e. The SMILES string of the molecule is Cn1cc(C(=O)Nc2ccccc2-c2ccccc2CF)c(C(F)(F)F)n1. The topological polar surface area (TPSA) is 46.9 Å². The van der Waals surface area contributed by atoms with Crippen LogP contribution in [0.2, 0.25) is 0 Å². The Kier molecular flexibility index (Phi) is 4.98. The third-order valence-electron chi connectivity index (χ3n) is 3.97. The predicted octanol–water partition coefficient (Wildman–Crippen LogP) is 4.83. The number of nitrogens with one attached hydrogen (secondary N) is 1. The normalized spacial score (nSPS) is 11.4. The highest BCUT2D eigenvalue weighted by Gasteiger charge is 2.39. The Morgan fingerprint density at radius 3 is 2.37 bits per heavy atom. The van der Waals surface area contributed by atoms with Crippen LogP contribution >= 0.6 is 0 Å². The minimum atomic E-state index is -4.76. The van der Waals surface area contributed by atoms with Gasteiger partial charge in [-0.25, -0.2) is 4.39 Å². The average Bonchev–Trinajstić information content (AvgIpc) is 3.04. The Labute approximate surface area is 152 Å². The summed E-state index contributed by atoms with van der Waals surface area (Å²) in [5.74, 6) is -0.944. The Morgan fingerprint density at radius 1 is 1.07 bits per heavy atom. The van der Waals surface area contributed by atoms with E-state index in [-0.39, 0.29) is 5.69 Å². The lowest BCUT2D eigenvalue weighted by atomic mass is 9.98. The molecule has 0 spiro atoms. The Hall–Kier alpha value is -3.16. The lowest BCUT2D eigenvalue weighted by molar-refractivity contribution is -0.141. The second-order valence-corrected chi connectivity index (χ2v) is 5.85. The smallest absolute Gasteiger partial charge is 0.321 e. The van der Waals surface area contributed by atoms with Crippen molar-refractivity contribution >= 4 is 11.6 Å². The molecule has 4 nitrogen and oxygen atoms in total. The molecule has 0 saturated carbocycles. The minimum absolute atomic E-state index is 0.278. The molecule has 0 aliphatic carbocycles. The molecule has 1 aromatic heterocycles. The standard InChI is InChI=1S/C19H15F4N3O/c1-26-11-15(17(25-26)19(21,22)23)18(27)24-16-9-5-4-8-14(16)13-7-3-2-6-12(13)10-20/h2-9,11H,10H2,1H3,(H,24,27). The number of benzene rings is 2. The van der Waals surface area contributed by atoms with Crippen LogP contribution in [0.1, 0.15) is 21.6 Å². The van der Waals surface area contributed by atoms with E-state index in [4.69, 9.17) is 0 Å². The maximum atomic E-state index is 13.3. The molecule has 8 heteroatoms. The highest BCUT2D eigenvalue weighted by Crippen LogP contribution is 2.33. The summed E-state index contributed by atoms with van der Waals surface area (Å²) in [4.78, 5) is 12.5. The first-order valence-corrected chi connectivity index (χ1v) is 7.96. The van der Waals surface area contributed by atoms with Gasteiger partial charge in [0.05, 0.1) is 5.56 Å². The summed E-state index contributed by atoms with van der Waals surface area (Å²) in [6.07, 6.45) is -3.75. The summed E-state index contributed by atoms with van der Waals surface area (Å²) in [7, 11) is 1.30. The van der Waals surface area contributed by atoms with Crippen LogP contribution in [-0.2, 0) is 19.9 Å². The molecule has 1 heterocycles. The van der Waals surface area contributed by atoms with Gasteiger partial charge in [0.15, 0.2) is 5.69 Å². The average molecular weight is 377 g/mol. The van der Waals surface area contributed by atoms with Gasteiger partial charge in [-0.2, -0.15) is 18.3 Å². The number of anilines is 1. The maximum Gasteiger partial charge on any atom is 0.435 e. The molecule has 3 rings (SSSR count). The van der Waals surface area contributed by atoms with Crippen molar-refractivity contribution in [1.29, 1.82) is 0 Å². The fourth-order valence-electron chi connectivity index (χ4n) is 2.78. The Bertz CT molecular complexity index is 979. The molecule has 0 atom stereocenters. The number of rotatable bonds is 4. The zero-order valence-corrected chi connectivity index (χ0v) is 14.2. The first-order chi connectivity index (χ1) is 12.8. The Balaban J connectivity index is 2.00. The molecule has 0 fully saturated rings. The van der Waals surface area contributed by atoms with Gasteiger partial charge in [0.25, 0.3) is 5.91 Å². The predicted molar refractivity (Wildman–Crippen MR) is 92.9 cm³/mol. The van der Waals surface area contributed by atoms with Crippen molar-refractivity contribution < 1.29 is 22.4 Å². The van der Waals surface area contributed by atoms with Crippen molar-refractivity contribution in [1.82, 2.24) is 9.78 Å². The van der Waals surface area contributed by atoms with Gasteiger partial charge in [0, 0.05) is 24.5 Å². The van der Waals surface area contributed by atoms with E-state index < -0.39 is 30.0 Å². The van der Waals surface area contributed by atoms with E-state index in [1.807, 2.05) is 0 Å². The lowest BCUT2D eigenvalue weighted by Crippen LogP contribution is -2.18. The van der Waals surface area contributed by atoms with Gasteiger partial charge < -0.3 is 5.32 Å². The number of nitrogens with zero attached hydrogens (tertiary/aromatic N) is 2. The van der Waals surface area contributed by atoms with Crippen LogP contribution in [0, 0.1) is 0 Å². The fraction of sp³-hybridized carbons (Fsp3) is 0.158. The summed E-state index contributed by atoms with van der Waals surface area (Å²) >= 11 is 0. The van der Waals surface area contributed by atoms with Gasteiger partial charge in [-0.15, -0.1) is 0 Å². The van der Waals surface area contributed by atoms with Crippen LogP contribution in [0.4, 0.5) is 23.2 Å². The molecule has 140 valence electrons. The molecule has 0 saturated heterocycles. The number of amides is 1. The van der Waals surface area contributed by atoms with Crippen LogP contribution in [-0.4, -0.2) is 15.7 Å². The number of hydrogen-bond acceptors (Lipinski definition) is 2. The first-order valence-electron chi connectivity index (χ1n) is 7.96. The van der Waals surface area contributed by atoms with Crippen molar-refractivity contribution in [2.75, 3.05) is 5.32 Å². The van der Waals surface area contributed by atoms with Gasteiger partial charge in [0.2, 0.25) is 0 Å². The Morgan fingerprint density at radius 2 is 1.70 bits per heavy atom. The van der Waals surface area contributed by atoms with E-state index in [1.54, 1.807) is 48.5 Å².